The second-order valence-electron chi connectivity index (χ2n) is 9.26. The summed E-state index contributed by atoms with van der Waals surface area (Å²) in [5.74, 6) is -1.69. The fraction of sp³-hybridized carbons (Fsp3) is 0.269. The molecule has 1 aliphatic heterocycles. The molecule has 0 aliphatic carbocycles. The van der Waals surface area contributed by atoms with Crippen LogP contribution in [0.1, 0.15) is 50.9 Å². The Balaban J connectivity index is 1.61. The highest BCUT2D eigenvalue weighted by atomic mass is 32.1. The van der Waals surface area contributed by atoms with Crippen LogP contribution >= 0.6 is 23.6 Å². The average Bonchev–Trinajstić information content (AvgIpc) is 3.28. The molecule has 0 atom stereocenters. The molecule has 0 saturated carbocycles. The molecule has 202 valence electrons. The molecule has 7 nitrogen and oxygen atoms in total. The zero-order chi connectivity index (χ0) is 28.9. The Labute approximate surface area is 230 Å². The highest BCUT2D eigenvalue weighted by Gasteiger charge is 2.50. The van der Waals surface area contributed by atoms with Gasteiger partial charge in [-0.2, -0.15) is 18.4 Å². The van der Waals surface area contributed by atoms with Crippen LogP contribution in [0.5, 0.6) is 0 Å². The number of thiazole rings is 1. The molecule has 1 saturated heterocycles. The SMILES string of the molecule is Cc1nc(C)c(C(=O)NCc2ccc(N3C(=S)N(c4ccc(C#N)c(C(F)(F)F)c4)C(=O)C3(C)C)cc2F)s1. The molecule has 4 rings (SSSR count). The monoisotopic (exact) mass is 575 g/mol. The predicted octanol–water partition coefficient (Wildman–Crippen LogP) is 5.64. The van der Waals surface area contributed by atoms with E-state index in [0.29, 0.717) is 16.6 Å². The molecule has 1 aliphatic rings. The van der Waals surface area contributed by atoms with Crippen molar-refractivity contribution in [2.75, 3.05) is 9.80 Å². The number of aromatic nitrogens is 1. The van der Waals surface area contributed by atoms with Crippen LogP contribution in [0, 0.1) is 31.0 Å². The van der Waals surface area contributed by atoms with E-state index >= 15 is 4.39 Å². The van der Waals surface area contributed by atoms with Crippen molar-refractivity contribution in [3.63, 3.8) is 0 Å². The standard InChI is InChI=1S/C26H21F4N5O2S2/c1-13-21(39-14(2)33-13)22(36)32-12-16-6-8-18(10-20(16)27)35-24(38)34(23(37)25(35,3)4)17-7-5-15(11-31)19(9-17)26(28,29)30/h5-10H,12H2,1-4H3,(H,32,36). The van der Waals surface area contributed by atoms with Gasteiger partial charge in [-0.25, -0.2) is 9.37 Å². The maximum Gasteiger partial charge on any atom is 0.417 e. The van der Waals surface area contributed by atoms with E-state index < -0.39 is 34.6 Å². The van der Waals surface area contributed by atoms with Crippen LogP contribution in [0.25, 0.3) is 0 Å². The molecular formula is C26H21F4N5O2S2. The van der Waals surface area contributed by atoms with Gasteiger partial charge in [-0.15, -0.1) is 11.3 Å². The number of carbonyl (C=O) groups excluding carboxylic acids is 2. The lowest BCUT2D eigenvalue weighted by molar-refractivity contribution is -0.137. The van der Waals surface area contributed by atoms with Gasteiger partial charge in [0.05, 0.1) is 33.6 Å². The van der Waals surface area contributed by atoms with Crippen LogP contribution in [-0.2, 0) is 17.5 Å². The summed E-state index contributed by atoms with van der Waals surface area (Å²) < 4.78 is 55.7. The highest BCUT2D eigenvalue weighted by molar-refractivity contribution is 7.81. The first-order valence-corrected chi connectivity index (χ1v) is 12.7. The molecule has 0 unspecified atom stereocenters. The Bertz CT molecular complexity index is 1560. The smallest absolute Gasteiger partial charge is 0.347 e. The van der Waals surface area contributed by atoms with Gasteiger partial charge in [0.2, 0.25) is 0 Å². The second kappa shape index (κ2) is 10.0. The fourth-order valence-electron chi connectivity index (χ4n) is 4.28. The normalized spacial score (nSPS) is 15.1. The van der Waals surface area contributed by atoms with E-state index in [1.807, 2.05) is 0 Å². The number of nitrogens with zero attached hydrogens (tertiary/aromatic N) is 4. The van der Waals surface area contributed by atoms with E-state index in [0.717, 1.165) is 22.0 Å². The van der Waals surface area contributed by atoms with E-state index in [1.54, 1.807) is 13.8 Å². The van der Waals surface area contributed by atoms with Crippen molar-refractivity contribution in [1.82, 2.24) is 10.3 Å². The summed E-state index contributed by atoms with van der Waals surface area (Å²) >= 11 is 6.71. The zero-order valence-corrected chi connectivity index (χ0v) is 22.7. The molecule has 13 heteroatoms. The lowest BCUT2D eigenvalue weighted by Crippen LogP contribution is -2.44. The number of rotatable bonds is 5. The number of carbonyl (C=O) groups is 2. The minimum Gasteiger partial charge on any atom is -0.347 e. The van der Waals surface area contributed by atoms with Gasteiger partial charge in [-0.3, -0.25) is 14.5 Å². The lowest BCUT2D eigenvalue weighted by Gasteiger charge is -2.29. The maximum atomic E-state index is 15.1. The number of hydrogen-bond donors (Lipinski definition) is 1. The van der Waals surface area contributed by atoms with Crippen molar-refractivity contribution in [3.8, 4) is 6.07 Å². The van der Waals surface area contributed by atoms with Gasteiger partial charge in [-0.05, 0) is 70.2 Å². The first-order chi connectivity index (χ1) is 18.2. The summed E-state index contributed by atoms with van der Waals surface area (Å²) in [7, 11) is 0. The summed E-state index contributed by atoms with van der Waals surface area (Å²) in [6.45, 7) is 6.41. The van der Waals surface area contributed by atoms with Gasteiger partial charge in [0, 0.05) is 17.8 Å². The Kier molecular flexibility index (Phi) is 7.22. The highest BCUT2D eigenvalue weighted by Crippen LogP contribution is 2.40. The van der Waals surface area contributed by atoms with E-state index in [1.165, 1.54) is 54.4 Å². The number of nitrogens with one attached hydrogen (secondary N) is 1. The largest absolute Gasteiger partial charge is 0.417 e. The number of thiocarbonyl (C=S) groups is 1. The molecular weight excluding hydrogens is 554 g/mol. The third-order valence-electron chi connectivity index (χ3n) is 6.20. The summed E-state index contributed by atoms with van der Waals surface area (Å²) in [6, 6.07) is 8.47. The molecule has 3 aromatic rings. The molecule has 2 amide bonds. The zero-order valence-electron chi connectivity index (χ0n) is 21.1. The number of nitriles is 1. The molecule has 2 heterocycles. The van der Waals surface area contributed by atoms with Crippen molar-refractivity contribution in [2.24, 2.45) is 0 Å². The molecule has 39 heavy (non-hydrogen) atoms. The molecule has 2 aromatic carbocycles. The van der Waals surface area contributed by atoms with Crippen LogP contribution < -0.4 is 15.1 Å². The van der Waals surface area contributed by atoms with Crippen LogP contribution in [0.15, 0.2) is 36.4 Å². The maximum absolute atomic E-state index is 15.1. The summed E-state index contributed by atoms with van der Waals surface area (Å²) in [5.41, 5.74) is -2.37. The van der Waals surface area contributed by atoms with Gasteiger partial charge in [-0.1, -0.05) is 6.07 Å². The van der Waals surface area contributed by atoms with E-state index in [2.05, 4.69) is 10.3 Å². The number of amides is 2. The quantitative estimate of drug-likeness (QED) is 0.313. The van der Waals surface area contributed by atoms with Gasteiger partial charge in [0.1, 0.15) is 16.2 Å². The Morgan fingerprint density at radius 3 is 2.41 bits per heavy atom. The Morgan fingerprint density at radius 2 is 1.85 bits per heavy atom. The number of alkyl halides is 3. The number of hydrogen-bond acceptors (Lipinski definition) is 6. The predicted molar refractivity (Wildman–Crippen MR) is 142 cm³/mol. The summed E-state index contributed by atoms with van der Waals surface area (Å²) in [6.07, 6.45) is -4.83. The Hall–Kier alpha value is -3.89. The summed E-state index contributed by atoms with van der Waals surface area (Å²) in [5, 5.41) is 12.3. The van der Waals surface area contributed by atoms with Gasteiger partial charge < -0.3 is 10.2 Å². The van der Waals surface area contributed by atoms with Crippen molar-refractivity contribution in [2.45, 2.75) is 46.0 Å². The van der Waals surface area contributed by atoms with E-state index in [-0.39, 0.29) is 34.5 Å². The fourth-order valence-corrected chi connectivity index (χ4v) is 5.63. The van der Waals surface area contributed by atoms with Crippen molar-refractivity contribution >= 4 is 51.9 Å². The molecule has 0 spiro atoms. The van der Waals surface area contributed by atoms with Crippen LogP contribution in [-0.4, -0.2) is 27.4 Å². The first-order valence-electron chi connectivity index (χ1n) is 11.5. The molecule has 1 aromatic heterocycles. The minimum absolute atomic E-state index is 0.105. The molecule has 1 fully saturated rings. The molecule has 0 bridgehead atoms. The van der Waals surface area contributed by atoms with Crippen LogP contribution in [0.3, 0.4) is 0 Å². The van der Waals surface area contributed by atoms with E-state index in [9.17, 15) is 22.8 Å². The first kappa shape index (κ1) is 28.1. The summed E-state index contributed by atoms with van der Waals surface area (Å²) in [4.78, 5) is 32.7. The number of aryl methyl sites for hydroxylation is 2. The van der Waals surface area contributed by atoms with Crippen LogP contribution in [0.2, 0.25) is 0 Å². The molecule has 0 radical (unpaired) electrons. The lowest BCUT2D eigenvalue weighted by atomic mass is 10.0. The van der Waals surface area contributed by atoms with Gasteiger partial charge in [0.25, 0.3) is 11.8 Å². The van der Waals surface area contributed by atoms with Gasteiger partial charge in [0.15, 0.2) is 5.11 Å². The molecule has 1 N–H and O–H groups in total. The number of halogens is 4. The average molecular weight is 576 g/mol. The van der Waals surface area contributed by atoms with Gasteiger partial charge >= 0.3 is 6.18 Å². The van der Waals surface area contributed by atoms with Crippen molar-refractivity contribution in [1.29, 1.82) is 5.26 Å². The minimum atomic E-state index is -4.83. The number of anilines is 2. The topological polar surface area (TPSA) is 89.3 Å². The second-order valence-corrected chi connectivity index (χ2v) is 10.8. The number of benzene rings is 2. The van der Waals surface area contributed by atoms with Crippen molar-refractivity contribution in [3.05, 3.63) is 74.5 Å². The van der Waals surface area contributed by atoms with Crippen LogP contribution in [0.4, 0.5) is 28.9 Å². The van der Waals surface area contributed by atoms with E-state index in [4.69, 9.17) is 17.5 Å². The Morgan fingerprint density at radius 1 is 1.18 bits per heavy atom. The van der Waals surface area contributed by atoms with Crippen molar-refractivity contribution < 1.29 is 27.2 Å². The third-order valence-corrected chi connectivity index (χ3v) is 7.64. The third kappa shape index (κ3) is 5.09.